The molecule has 0 amide bonds. The molecule has 0 aromatic heterocycles. The van der Waals surface area contributed by atoms with Crippen LogP contribution >= 0.6 is 11.6 Å². The third kappa shape index (κ3) is 2.58. The van der Waals surface area contributed by atoms with Crippen LogP contribution in [-0.2, 0) is 4.79 Å². The molecule has 76 valence electrons. The zero-order valence-corrected chi connectivity index (χ0v) is 9.51. The Balaban J connectivity index is 2.88. The van der Waals surface area contributed by atoms with E-state index in [4.69, 9.17) is 11.6 Å². The Bertz CT molecular complexity index is 314. The van der Waals surface area contributed by atoms with Crippen molar-refractivity contribution in [3.05, 3.63) is 35.4 Å². The van der Waals surface area contributed by atoms with Crippen molar-refractivity contribution in [2.45, 2.75) is 32.1 Å². The van der Waals surface area contributed by atoms with Crippen LogP contribution in [0.4, 0.5) is 0 Å². The van der Waals surface area contributed by atoms with Crippen LogP contribution in [-0.4, -0.2) is 5.78 Å². The summed E-state index contributed by atoms with van der Waals surface area (Å²) in [5, 5.41) is -0.504. The Labute approximate surface area is 90.1 Å². The number of Topliss-reactive ketones (excluding diaryl/α,β-unsaturated/α-hetero) is 1. The summed E-state index contributed by atoms with van der Waals surface area (Å²) >= 11 is 5.92. The average molecular weight is 211 g/mol. The van der Waals surface area contributed by atoms with E-state index < -0.39 is 5.38 Å². The Kier molecular flexibility index (Phi) is 3.70. The summed E-state index contributed by atoms with van der Waals surface area (Å²) in [4.78, 5) is 11.0. The average Bonchev–Trinajstić information content (AvgIpc) is 2.16. The SMILES string of the molecule is CC(=O)C(Cl)c1ccc(C(C)C)cc1. The number of carbonyl (C=O) groups excluding carboxylic acids is 1. The second-order valence-corrected chi connectivity index (χ2v) is 4.23. The normalized spacial score (nSPS) is 12.9. The maximum absolute atomic E-state index is 11.0. The summed E-state index contributed by atoms with van der Waals surface area (Å²) in [5.74, 6) is 0.499. The van der Waals surface area contributed by atoms with Gasteiger partial charge in [-0.05, 0) is 24.0 Å². The minimum absolute atomic E-state index is 0.0102. The molecule has 0 aliphatic heterocycles. The Hall–Kier alpha value is -0.820. The first-order valence-electron chi connectivity index (χ1n) is 4.76. The van der Waals surface area contributed by atoms with Gasteiger partial charge in [-0.15, -0.1) is 11.6 Å². The van der Waals surface area contributed by atoms with Crippen molar-refractivity contribution in [3.63, 3.8) is 0 Å². The van der Waals surface area contributed by atoms with Gasteiger partial charge in [-0.2, -0.15) is 0 Å². The van der Waals surface area contributed by atoms with E-state index in [0.29, 0.717) is 5.92 Å². The highest BCUT2D eigenvalue weighted by molar-refractivity contribution is 6.30. The van der Waals surface area contributed by atoms with Crippen LogP contribution in [0.25, 0.3) is 0 Å². The lowest BCUT2D eigenvalue weighted by Crippen LogP contribution is -2.01. The van der Waals surface area contributed by atoms with E-state index >= 15 is 0 Å². The van der Waals surface area contributed by atoms with Crippen molar-refractivity contribution in [2.24, 2.45) is 0 Å². The van der Waals surface area contributed by atoms with Gasteiger partial charge in [0.15, 0.2) is 5.78 Å². The molecule has 1 atom stereocenters. The first-order valence-corrected chi connectivity index (χ1v) is 5.20. The number of halogens is 1. The Morgan fingerprint density at radius 2 is 1.57 bits per heavy atom. The van der Waals surface area contributed by atoms with Crippen LogP contribution < -0.4 is 0 Å². The highest BCUT2D eigenvalue weighted by atomic mass is 35.5. The summed E-state index contributed by atoms with van der Waals surface area (Å²) in [5.41, 5.74) is 2.14. The largest absolute Gasteiger partial charge is 0.298 e. The number of carbonyl (C=O) groups is 1. The lowest BCUT2D eigenvalue weighted by atomic mass is 10.00. The summed E-state index contributed by atoms with van der Waals surface area (Å²) in [6.45, 7) is 5.78. The van der Waals surface area contributed by atoms with Gasteiger partial charge in [-0.1, -0.05) is 38.1 Å². The van der Waals surface area contributed by atoms with Gasteiger partial charge in [0.2, 0.25) is 0 Å². The number of hydrogen-bond acceptors (Lipinski definition) is 1. The molecule has 0 fully saturated rings. The summed E-state index contributed by atoms with van der Waals surface area (Å²) in [6, 6.07) is 7.90. The van der Waals surface area contributed by atoms with Crippen LogP contribution in [0, 0.1) is 0 Å². The van der Waals surface area contributed by atoms with Crippen LogP contribution in [0.2, 0.25) is 0 Å². The fourth-order valence-electron chi connectivity index (χ4n) is 1.28. The molecule has 0 bridgehead atoms. The van der Waals surface area contributed by atoms with Crippen molar-refractivity contribution < 1.29 is 4.79 Å². The van der Waals surface area contributed by atoms with E-state index in [2.05, 4.69) is 13.8 Å². The minimum Gasteiger partial charge on any atom is -0.298 e. The van der Waals surface area contributed by atoms with Gasteiger partial charge < -0.3 is 0 Å². The molecule has 0 spiro atoms. The van der Waals surface area contributed by atoms with Crippen molar-refractivity contribution in [1.29, 1.82) is 0 Å². The summed E-state index contributed by atoms with van der Waals surface area (Å²) in [6.07, 6.45) is 0. The third-order valence-corrected chi connectivity index (χ3v) is 2.81. The molecule has 0 N–H and O–H groups in total. The highest BCUT2D eigenvalue weighted by Crippen LogP contribution is 2.23. The third-order valence-electron chi connectivity index (χ3n) is 2.25. The molecule has 1 aromatic carbocycles. The minimum atomic E-state index is -0.504. The summed E-state index contributed by atoms with van der Waals surface area (Å²) < 4.78 is 0. The number of benzene rings is 1. The zero-order valence-electron chi connectivity index (χ0n) is 8.75. The standard InChI is InChI=1S/C12H15ClO/c1-8(2)10-4-6-11(7-5-10)12(13)9(3)14/h4-8,12H,1-3H3. The van der Waals surface area contributed by atoms with Crippen LogP contribution in [0.5, 0.6) is 0 Å². The van der Waals surface area contributed by atoms with Gasteiger partial charge in [-0.3, -0.25) is 4.79 Å². The topological polar surface area (TPSA) is 17.1 Å². The van der Waals surface area contributed by atoms with Crippen molar-refractivity contribution in [2.75, 3.05) is 0 Å². The van der Waals surface area contributed by atoms with Gasteiger partial charge in [0.1, 0.15) is 5.38 Å². The molecule has 0 heterocycles. The molecule has 0 aliphatic carbocycles. The van der Waals surface area contributed by atoms with Gasteiger partial charge in [0.05, 0.1) is 0 Å². The molecule has 0 saturated carbocycles. The predicted molar refractivity (Wildman–Crippen MR) is 59.8 cm³/mol. The second kappa shape index (κ2) is 4.61. The van der Waals surface area contributed by atoms with E-state index in [-0.39, 0.29) is 5.78 Å². The molecule has 1 rings (SSSR count). The number of rotatable bonds is 3. The number of alkyl halides is 1. The molecule has 1 unspecified atom stereocenters. The van der Waals surface area contributed by atoms with Gasteiger partial charge in [0.25, 0.3) is 0 Å². The van der Waals surface area contributed by atoms with E-state index in [0.717, 1.165) is 5.56 Å². The molecule has 1 nitrogen and oxygen atoms in total. The van der Waals surface area contributed by atoms with Crippen molar-refractivity contribution in [3.8, 4) is 0 Å². The quantitative estimate of drug-likeness (QED) is 0.696. The van der Waals surface area contributed by atoms with Gasteiger partial charge in [0, 0.05) is 0 Å². The highest BCUT2D eigenvalue weighted by Gasteiger charge is 2.12. The van der Waals surface area contributed by atoms with Gasteiger partial charge in [-0.25, -0.2) is 0 Å². The fourth-order valence-corrected chi connectivity index (χ4v) is 1.43. The monoisotopic (exact) mass is 210 g/mol. The number of ketones is 1. The molecule has 14 heavy (non-hydrogen) atoms. The van der Waals surface area contributed by atoms with E-state index in [1.165, 1.54) is 12.5 Å². The lowest BCUT2D eigenvalue weighted by Gasteiger charge is -2.09. The van der Waals surface area contributed by atoms with Crippen molar-refractivity contribution >= 4 is 17.4 Å². The Morgan fingerprint density at radius 3 is 1.93 bits per heavy atom. The van der Waals surface area contributed by atoms with Crippen molar-refractivity contribution in [1.82, 2.24) is 0 Å². The molecule has 2 heteroatoms. The van der Waals surface area contributed by atoms with Gasteiger partial charge >= 0.3 is 0 Å². The first kappa shape index (κ1) is 11.3. The molecule has 0 saturated heterocycles. The molecular formula is C12H15ClO. The first-order chi connectivity index (χ1) is 6.52. The fraction of sp³-hybridized carbons (Fsp3) is 0.417. The lowest BCUT2D eigenvalue weighted by molar-refractivity contribution is -0.116. The molecule has 1 aromatic rings. The van der Waals surface area contributed by atoms with E-state index in [1.54, 1.807) is 0 Å². The number of hydrogen-bond donors (Lipinski definition) is 0. The zero-order chi connectivity index (χ0) is 10.7. The van der Waals surface area contributed by atoms with Crippen LogP contribution in [0.15, 0.2) is 24.3 Å². The second-order valence-electron chi connectivity index (χ2n) is 3.79. The maximum atomic E-state index is 11.0. The van der Waals surface area contributed by atoms with Crippen LogP contribution in [0.3, 0.4) is 0 Å². The summed E-state index contributed by atoms with van der Waals surface area (Å²) in [7, 11) is 0. The van der Waals surface area contributed by atoms with E-state index in [1.807, 2.05) is 24.3 Å². The van der Waals surface area contributed by atoms with Crippen LogP contribution in [0.1, 0.15) is 43.2 Å². The Morgan fingerprint density at radius 1 is 1.14 bits per heavy atom. The molecule has 0 aliphatic rings. The maximum Gasteiger partial charge on any atom is 0.152 e. The molecular weight excluding hydrogens is 196 g/mol. The van der Waals surface area contributed by atoms with E-state index in [9.17, 15) is 4.79 Å². The smallest absolute Gasteiger partial charge is 0.152 e. The molecule has 0 radical (unpaired) electrons. The predicted octanol–water partition coefficient (Wildman–Crippen LogP) is 3.68.